The molecule has 4 aromatic rings. The molecule has 132 valence electrons. The fourth-order valence-electron chi connectivity index (χ4n) is 2.95. The molecule has 0 spiro atoms. The Morgan fingerprint density at radius 2 is 1.56 bits per heavy atom. The van der Waals surface area contributed by atoms with Crippen LogP contribution in [0.5, 0.6) is 5.75 Å². The summed E-state index contributed by atoms with van der Waals surface area (Å²) in [7, 11) is 1.61. The van der Waals surface area contributed by atoms with E-state index in [0.717, 1.165) is 16.7 Å². The Balaban J connectivity index is 1.81. The first kappa shape index (κ1) is 16.7. The normalized spacial score (nSPS) is 10.6. The molecule has 0 aliphatic rings. The predicted molar refractivity (Wildman–Crippen MR) is 106 cm³/mol. The monoisotopic (exact) mass is 355 g/mol. The molecule has 0 atom stereocenters. The van der Waals surface area contributed by atoms with Crippen LogP contribution in [0.1, 0.15) is 10.4 Å². The third-order valence-corrected chi connectivity index (χ3v) is 4.29. The van der Waals surface area contributed by atoms with Crippen LogP contribution < -0.4 is 10.1 Å². The zero-order valence-corrected chi connectivity index (χ0v) is 14.7. The average molecular weight is 355 g/mol. The second kappa shape index (κ2) is 7.25. The van der Waals surface area contributed by atoms with Crippen LogP contribution in [0.15, 0.2) is 78.9 Å². The zero-order valence-electron chi connectivity index (χ0n) is 14.7. The van der Waals surface area contributed by atoms with E-state index in [4.69, 9.17) is 4.74 Å². The van der Waals surface area contributed by atoms with Crippen LogP contribution in [-0.2, 0) is 0 Å². The van der Waals surface area contributed by atoms with Gasteiger partial charge in [-0.25, -0.2) is 0 Å². The quantitative estimate of drug-likeness (QED) is 0.583. The molecular weight excluding hydrogens is 338 g/mol. The van der Waals surface area contributed by atoms with Gasteiger partial charge in [0.25, 0.3) is 5.91 Å². The van der Waals surface area contributed by atoms with Crippen LogP contribution in [0, 0.1) is 0 Å². The molecule has 0 unspecified atom stereocenters. The third-order valence-electron chi connectivity index (χ3n) is 4.29. The lowest BCUT2D eigenvalue weighted by Gasteiger charge is -2.12. The van der Waals surface area contributed by atoms with E-state index in [1.54, 1.807) is 31.4 Å². The van der Waals surface area contributed by atoms with Gasteiger partial charge in [0.2, 0.25) is 0 Å². The summed E-state index contributed by atoms with van der Waals surface area (Å²) in [6, 6.07) is 24.3. The topological polar surface area (TPSA) is 64.1 Å². The fourth-order valence-corrected chi connectivity index (χ4v) is 2.95. The van der Waals surface area contributed by atoms with Crippen molar-refractivity contribution in [3.05, 3.63) is 84.4 Å². The van der Waals surface area contributed by atoms with Gasteiger partial charge in [-0.05, 0) is 30.3 Å². The number of anilines is 1. The van der Waals surface area contributed by atoms with Crippen molar-refractivity contribution in [2.45, 2.75) is 0 Å². The SMILES string of the molecule is COc1ccc(NC(=O)c2c(-c3ccccc3)nnc3ccccc23)cc1. The molecule has 1 heterocycles. The Morgan fingerprint density at radius 1 is 0.852 bits per heavy atom. The van der Waals surface area contributed by atoms with E-state index in [0.29, 0.717) is 22.5 Å². The third kappa shape index (κ3) is 3.35. The number of methoxy groups -OCH3 is 1. The Hall–Kier alpha value is -3.73. The Kier molecular flexibility index (Phi) is 4.49. The van der Waals surface area contributed by atoms with Crippen molar-refractivity contribution in [2.75, 3.05) is 12.4 Å². The van der Waals surface area contributed by atoms with E-state index in [-0.39, 0.29) is 5.91 Å². The molecule has 1 aromatic heterocycles. The molecule has 5 nitrogen and oxygen atoms in total. The van der Waals surface area contributed by atoms with Gasteiger partial charge < -0.3 is 10.1 Å². The maximum absolute atomic E-state index is 13.2. The van der Waals surface area contributed by atoms with Crippen LogP contribution in [0.2, 0.25) is 0 Å². The summed E-state index contributed by atoms with van der Waals surface area (Å²) in [6.07, 6.45) is 0. The van der Waals surface area contributed by atoms with Crippen LogP contribution in [0.25, 0.3) is 22.2 Å². The number of fused-ring (bicyclic) bond motifs is 1. The van der Waals surface area contributed by atoms with E-state index < -0.39 is 0 Å². The van der Waals surface area contributed by atoms with Crippen LogP contribution >= 0.6 is 0 Å². The van der Waals surface area contributed by atoms with E-state index in [1.165, 1.54) is 0 Å². The summed E-state index contributed by atoms with van der Waals surface area (Å²) < 4.78 is 5.16. The largest absolute Gasteiger partial charge is 0.497 e. The number of nitrogens with one attached hydrogen (secondary N) is 1. The lowest BCUT2D eigenvalue weighted by atomic mass is 10.0. The van der Waals surface area contributed by atoms with E-state index in [2.05, 4.69) is 15.5 Å². The maximum atomic E-state index is 13.2. The highest BCUT2D eigenvalue weighted by Gasteiger charge is 2.19. The van der Waals surface area contributed by atoms with Gasteiger partial charge >= 0.3 is 0 Å². The van der Waals surface area contributed by atoms with Gasteiger partial charge in [-0.1, -0.05) is 48.5 Å². The highest BCUT2D eigenvalue weighted by Crippen LogP contribution is 2.28. The lowest BCUT2D eigenvalue weighted by molar-refractivity contribution is 0.102. The zero-order chi connectivity index (χ0) is 18.6. The number of carbonyl (C=O) groups excluding carboxylic acids is 1. The van der Waals surface area contributed by atoms with Crippen LogP contribution in [0.4, 0.5) is 5.69 Å². The number of hydrogen-bond donors (Lipinski definition) is 1. The summed E-state index contributed by atoms with van der Waals surface area (Å²) in [5.41, 5.74) is 3.26. The molecule has 4 rings (SSSR count). The molecule has 0 aliphatic heterocycles. The van der Waals surface area contributed by atoms with Gasteiger partial charge in [0.1, 0.15) is 11.4 Å². The number of hydrogen-bond acceptors (Lipinski definition) is 4. The van der Waals surface area contributed by atoms with Gasteiger partial charge in [-0.2, -0.15) is 0 Å². The fraction of sp³-hybridized carbons (Fsp3) is 0.0455. The molecule has 0 saturated heterocycles. The maximum Gasteiger partial charge on any atom is 0.258 e. The Bertz CT molecular complexity index is 1090. The molecule has 27 heavy (non-hydrogen) atoms. The minimum absolute atomic E-state index is 0.231. The van der Waals surface area contributed by atoms with Crippen LogP contribution in [0.3, 0.4) is 0 Å². The summed E-state index contributed by atoms with van der Waals surface area (Å²) in [5, 5.41) is 12.3. The Labute approximate surface area is 156 Å². The number of amides is 1. The molecule has 1 N–H and O–H groups in total. The minimum atomic E-state index is -0.231. The first-order valence-electron chi connectivity index (χ1n) is 8.52. The molecule has 1 amide bonds. The van der Waals surface area contributed by atoms with Crippen molar-refractivity contribution in [3.8, 4) is 17.0 Å². The average Bonchev–Trinajstić information content (AvgIpc) is 2.74. The molecule has 0 saturated carbocycles. The number of nitrogens with zero attached hydrogens (tertiary/aromatic N) is 2. The molecular formula is C22H17N3O2. The van der Waals surface area contributed by atoms with Crippen molar-refractivity contribution in [3.63, 3.8) is 0 Å². The number of aromatic nitrogens is 2. The highest BCUT2D eigenvalue weighted by atomic mass is 16.5. The van der Waals surface area contributed by atoms with Crippen molar-refractivity contribution < 1.29 is 9.53 Å². The highest BCUT2D eigenvalue weighted by molar-refractivity contribution is 6.15. The molecule has 0 bridgehead atoms. The van der Waals surface area contributed by atoms with Crippen molar-refractivity contribution >= 4 is 22.5 Å². The second-order valence-corrected chi connectivity index (χ2v) is 5.99. The molecule has 0 fully saturated rings. The predicted octanol–water partition coefficient (Wildman–Crippen LogP) is 4.56. The van der Waals surface area contributed by atoms with Gasteiger partial charge in [-0.15, -0.1) is 10.2 Å². The summed E-state index contributed by atoms with van der Waals surface area (Å²) in [6.45, 7) is 0. The molecule has 0 aliphatic carbocycles. The van der Waals surface area contributed by atoms with Crippen molar-refractivity contribution in [2.24, 2.45) is 0 Å². The molecule has 3 aromatic carbocycles. The number of rotatable bonds is 4. The van der Waals surface area contributed by atoms with E-state index in [1.807, 2.05) is 54.6 Å². The summed E-state index contributed by atoms with van der Waals surface area (Å²) in [4.78, 5) is 13.2. The van der Waals surface area contributed by atoms with Crippen LogP contribution in [-0.4, -0.2) is 23.2 Å². The van der Waals surface area contributed by atoms with Gasteiger partial charge in [-0.3, -0.25) is 4.79 Å². The standard InChI is InChI=1S/C22H17N3O2/c1-27-17-13-11-16(12-14-17)23-22(26)20-18-9-5-6-10-19(18)24-25-21(20)15-7-3-2-4-8-15/h2-14H,1H3,(H,23,26). The smallest absolute Gasteiger partial charge is 0.258 e. The van der Waals surface area contributed by atoms with Gasteiger partial charge in [0, 0.05) is 16.6 Å². The Morgan fingerprint density at radius 3 is 2.30 bits per heavy atom. The van der Waals surface area contributed by atoms with Crippen molar-refractivity contribution in [1.29, 1.82) is 0 Å². The number of benzene rings is 3. The molecule has 0 radical (unpaired) electrons. The molecule has 5 heteroatoms. The van der Waals surface area contributed by atoms with Gasteiger partial charge in [0.05, 0.1) is 18.2 Å². The number of carbonyl (C=O) groups is 1. The summed E-state index contributed by atoms with van der Waals surface area (Å²) >= 11 is 0. The van der Waals surface area contributed by atoms with E-state index >= 15 is 0 Å². The first-order chi connectivity index (χ1) is 13.3. The van der Waals surface area contributed by atoms with E-state index in [9.17, 15) is 4.79 Å². The second-order valence-electron chi connectivity index (χ2n) is 5.99. The van der Waals surface area contributed by atoms with Gasteiger partial charge in [0.15, 0.2) is 0 Å². The lowest BCUT2D eigenvalue weighted by Crippen LogP contribution is -2.15. The minimum Gasteiger partial charge on any atom is -0.497 e. The first-order valence-corrected chi connectivity index (χ1v) is 8.52. The summed E-state index contributed by atoms with van der Waals surface area (Å²) in [5.74, 6) is 0.499. The number of ether oxygens (including phenoxy) is 1. The van der Waals surface area contributed by atoms with Crippen molar-refractivity contribution in [1.82, 2.24) is 10.2 Å².